The van der Waals surface area contributed by atoms with E-state index in [4.69, 9.17) is 4.74 Å². The zero-order valence-corrected chi connectivity index (χ0v) is 12.4. The average Bonchev–Trinajstić information content (AvgIpc) is 3.01. The van der Waals surface area contributed by atoms with Crippen LogP contribution in [0, 0.1) is 0 Å². The zero-order valence-electron chi connectivity index (χ0n) is 12.4. The van der Waals surface area contributed by atoms with Gasteiger partial charge in [0.15, 0.2) is 0 Å². The molecule has 0 spiro atoms. The zero-order chi connectivity index (χ0) is 15.5. The number of nitrogens with zero attached hydrogens (tertiary/aromatic N) is 5. The second-order valence-electron chi connectivity index (χ2n) is 4.92. The molecule has 1 aliphatic rings. The summed E-state index contributed by atoms with van der Waals surface area (Å²) < 4.78 is 7.15. The van der Waals surface area contributed by atoms with Crippen LogP contribution in [0.4, 0.5) is 5.95 Å². The highest BCUT2D eigenvalue weighted by Gasteiger charge is 2.17. The van der Waals surface area contributed by atoms with E-state index < -0.39 is 0 Å². The van der Waals surface area contributed by atoms with E-state index in [-0.39, 0.29) is 5.91 Å². The first-order chi connectivity index (χ1) is 10.6. The molecule has 1 aliphatic heterocycles. The minimum absolute atomic E-state index is 0.293. The van der Waals surface area contributed by atoms with Crippen molar-refractivity contribution in [1.29, 1.82) is 0 Å². The topological polar surface area (TPSA) is 84.6 Å². The smallest absolute Gasteiger partial charge is 0.302 e. The van der Waals surface area contributed by atoms with Crippen molar-refractivity contribution in [3.05, 3.63) is 41.5 Å². The van der Waals surface area contributed by atoms with Gasteiger partial charge in [-0.3, -0.25) is 9.36 Å². The lowest BCUT2D eigenvalue weighted by Gasteiger charge is -2.11. The normalized spacial score (nSPS) is 13.5. The molecule has 0 unspecified atom stereocenters. The van der Waals surface area contributed by atoms with Gasteiger partial charge in [-0.1, -0.05) is 18.2 Å². The molecular formula is C14H16N6O2. The minimum atomic E-state index is -0.293. The molecule has 1 aromatic carbocycles. The van der Waals surface area contributed by atoms with Crippen LogP contribution in [0.5, 0.6) is 6.01 Å². The SMILES string of the molecule is CN(C)c1nc2n(c(=NNC(=O)c3ccccc3)n1)CCO2. The predicted octanol–water partition coefficient (Wildman–Crippen LogP) is -0.0178. The third kappa shape index (κ3) is 2.76. The maximum atomic E-state index is 12.0. The van der Waals surface area contributed by atoms with Crippen molar-refractivity contribution in [3.63, 3.8) is 0 Å². The van der Waals surface area contributed by atoms with Crippen LogP contribution in [0.15, 0.2) is 35.4 Å². The van der Waals surface area contributed by atoms with Gasteiger partial charge in [0, 0.05) is 19.7 Å². The Balaban J connectivity index is 1.92. The quantitative estimate of drug-likeness (QED) is 0.805. The van der Waals surface area contributed by atoms with Crippen LogP contribution in [-0.2, 0) is 6.54 Å². The predicted molar refractivity (Wildman–Crippen MR) is 79.3 cm³/mol. The van der Waals surface area contributed by atoms with E-state index in [0.717, 1.165) is 0 Å². The van der Waals surface area contributed by atoms with Crippen molar-refractivity contribution in [2.45, 2.75) is 6.54 Å². The number of benzene rings is 1. The highest BCUT2D eigenvalue weighted by atomic mass is 16.5. The van der Waals surface area contributed by atoms with Gasteiger partial charge in [-0.2, -0.15) is 9.97 Å². The molecule has 2 heterocycles. The van der Waals surface area contributed by atoms with Crippen LogP contribution in [0.2, 0.25) is 0 Å². The van der Waals surface area contributed by atoms with Crippen LogP contribution in [0.3, 0.4) is 0 Å². The van der Waals surface area contributed by atoms with Crippen molar-refractivity contribution in [3.8, 4) is 6.01 Å². The van der Waals surface area contributed by atoms with Gasteiger partial charge in [0.25, 0.3) is 11.5 Å². The van der Waals surface area contributed by atoms with Gasteiger partial charge in [-0.25, -0.2) is 5.43 Å². The third-order valence-electron chi connectivity index (χ3n) is 3.11. The van der Waals surface area contributed by atoms with Crippen LogP contribution in [0.1, 0.15) is 10.4 Å². The van der Waals surface area contributed by atoms with Gasteiger partial charge >= 0.3 is 6.01 Å². The molecule has 8 heteroatoms. The Kier molecular flexibility index (Phi) is 3.73. The summed E-state index contributed by atoms with van der Waals surface area (Å²) in [7, 11) is 3.65. The molecule has 1 amide bonds. The van der Waals surface area contributed by atoms with Crippen molar-refractivity contribution >= 4 is 11.9 Å². The monoisotopic (exact) mass is 300 g/mol. The number of rotatable bonds is 3. The van der Waals surface area contributed by atoms with E-state index in [1.807, 2.05) is 20.2 Å². The Bertz CT molecular complexity index is 754. The first kappa shape index (κ1) is 14.1. The van der Waals surface area contributed by atoms with Gasteiger partial charge in [0.2, 0.25) is 5.95 Å². The first-order valence-corrected chi connectivity index (χ1v) is 6.83. The summed E-state index contributed by atoms with van der Waals surface area (Å²) in [6.45, 7) is 1.11. The molecule has 22 heavy (non-hydrogen) atoms. The van der Waals surface area contributed by atoms with Crippen molar-refractivity contribution in [1.82, 2.24) is 20.0 Å². The van der Waals surface area contributed by atoms with Gasteiger partial charge in [0.05, 0.1) is 6.54 Å². The van der Waals surface area contributed by atoms with Gasteiger partial charge in [0.1, 0.15) is 6.61 Å². The fraction of sp³-hybridized carbons (Fsp3) is 0.286. The molecule has 2 aromatic rings. The molecule has 8 nitrogen and oxygen atoms in total. The molecule has 1 aromatic heterocycles. The van der Waals surface area contributed by atoms with Gasteiger partial charge in [-0.15, -0.1) is 5.10 Å². The molecule has 0 bridgehead atoms. The molecule has 0 saturated carbocycles. The molecule has 1 N–H and O–H groups in total. The van der Waals surface area contributed by atoms with Crippen LogP contribution in [-0.4, -0.2) is 41.1 Å². The average molecular weight is 300 g/mol. The van der Waals surface area contributed by atoms with Crippen molar-refractivity contribution < 1.29 is 9.53 Å². The molecule has 0 aliphatic carbocycles. The summed E-state index contributed by atoms with van der Waals surface area (Å²) in [5.41, 5.74) is 3.40. The van der Waals surface area contributed by atoms with E-state index in [1.54, 1.807) is 33.7 Å². The van der Waals surface area contributed by atoms with Crippen molar-refractivity contribution in [2.75, 3.05) is 25.6 Å². The molecule has 0 atom stereocenters. The van der Waals surface area contributed by atoms with Crippen LogP contribution >= 0.6 is 0 Å². The van der Waals surface area contributed by atoms with Crippen LogP contribution < -0.4 is 20.7 Å². The second kappa shape index (κ2) is 5.84. The second-order valence-corrected chi connectivity index (χ2v) is 4.92. The lowest BCUT2D eigenvalue weighted by Crippen LogP contribution is -2.31. The molecule has 114 valence electrons. The number of nitrogens with one attached hydrogen (secondary N) is 1. The maximum absolute atomic E-state index is 12.0. The molecule has 3 rings (SSSR count). The Morgan fingerprint density at radius 3 is 2.82 bits per heavy atom. The fourth-order valence-corrected chi connectivity index (χ4v) is 1.98. The molecule has 0 fully saturated rings. The van der Waals surface area contributed by atoms with E-state index >= 15 is 0 Å². The summed E-state index contributed by atoms with van der Waals surface area (Å²) in [5.74, 6) is 0.180. The third-order valence-corrected chi connectivity index (χ3v) is 3.11. The van der Waals surface area contributed by atoms with E-state index in [2.05, 4.69) is 20.5 Å². The van der Waals surface area contributed by atoms with E-state index in [1.165, 1.54) is 0 Å². The minimum Gasteiger partial charge on any atom is -0.463 e. The lowest BCUT2D eigenvalue weighted by molar-refractivity contribution is 0.0952. The summed E-state index contributed by atoms with van der Waals surface area (Å²) in [4.78, 5) is 22.4. The summed E-state index contributed by atoms with van der Waals surface area (Å²) in [5, 5.41) is 4.10. The number of carbonyl (C=O) groups is 1. The Morgan fingerprint density at radius 2 is 2.09 bits per heavy atom. The summed E-state index contributed by atoms with van der Waals surface area (Å²) in [6, 6.07) is 9.33. The summed E-state index contributed by atoms with van der Waals surface area (Å²) in [6.07, 6.45) is 0. The highest BCUT2D eigenvalue weighted by molar-refractivity contribution is 5.93. The molecule has 0 saturated heterocycles. The number of hydrogen-bond donors (Lipinski definition) is 1. The van der Waals surface area contributed by atoms with Gasteiger partial charge < -0.3 is 9.64 Å². The number of fused-ring (bicyclic) bond motifs is 1. The maximum Gasteiger partial charge on any atom is 0.302 e. The lowest BCUT2D eigenvalue weighted by atomic mass is 10.2. The van der Waals surface area contributed by atoms with E-state index in [0.29, 0.717) is 36.3 Å². The van der Waals surface area contributed by atoms with Gasteiger partial charge in [-0.05, 0) is 12.1 Å². The molecule has 0 radical (unpaired) electrons. The number of hydrogen-bond acceptors (Lipinski definition) is 6. The Labute approximate surface area is 127 Å². The number of anilines is 1. The Morgan fingerprint density at radius 1 is 1.32 bits per heavy atom. The Hall–Kier alpha value is -2.90. The highest BCUT2D eigenvalue weighted by Crippen LogP contribution is 2.13. The largest absolute Gasteiger partial charge is 0.463 e. The first-order valence-electron chi connectivity index (χ1n) is 6.83. The standard InChI is InChI=1S/C14H16N6O2/c1-19(2)12-15-13(20-8-9-22-14(20)16-12)18-17-11(21)10-6-4-3-5-7-10/h3-7H,8-9H2,1-2H3,(H,17,21). The number of ether oxygens (including phenoxy) is 1. The fourth-order valence-electron chi connectivity index (χ4n) is 1.98. The van der Waals surface area contributed by atoms with E-state index in [9.17, 15) is 4.79 Å². The number of aromatic nitrogens is 3. The summed E-state index contributed by atoms with van der Waals surface area (Å²) >= 11 is 0. The number of amides is 1. The van der Waals surface area contributed by atoms with Crippen molar-refractivity contribution in [2.24, 2.45) is 5.10 Å². The number of carbonyl (C=O) groups excluding carboxylic acids is 1. The van der Waals surface area contributed by atoms with Crippen LogP contribution in [0.25, 0.3) is 0 Å². The molecular weight excluding hydrogens is 284 g/mol.